The summed E-state index contributed by atoms with van der Waals surface area (Å²) < 4.78 is 8.16. The van der Waals surface area contributed by atoms with Gasteiger partial charge in [-0.2, -0.15) is 0 Å². The zero-order chi connectivity index (χ0) is 11.8. The van der Waals surface area contributed by atoms with Crippen LogP contribution in [0.5, 0.6) is 5.75 Å². The fraction of sp³-hybridized carbons (Fsp3) is 0.167. The van der Waals surface area contributed by atoms with E-state index < -0.39 is 0 Å². The number of para-hydroxylation sites is 1. The second-order valence-electron chi connectivity index (χ2n) is 3.75. The average molecular weight is 375 g/mol. The molecule has 0 spiro atoms. The largest absolute Gasteiger partial charge is 0.480 e. The molecule has 1 aromatic heterocycles. The third kappa shape index (κ3) is 2.23. The van der Waals surface area contributed by atoms with Gasteiger partial charge >= 0.3 is 0 Å². The molecule has 17 heavy (non-hydrogen) atoms. The van der Waals surface area contributed by atoms with Gasteiger partial charge in [0.25, 0.3) is 0 Å². The highest BCUT2D eigenvalue weighted by molar-refractivity contribution is 9.11. The van der Waals surface area contributed by atoms with Crippen LogP contribution in [0.4, 0.5) is 5.69 Å². The number of thiophene rings is 1. The van der Waals surface area contributed by atoms with Gasteiger partial charge in [0, 0.05) is 4.88 Å². The first-order valence-electron chi connectivity index (χ1n) is 5.18. The Kier molecular flexibility index (Phi) is 3.15. The van der Waals surface area contributed by atoms with Crippen molar-refractivity contribution in [2.24, 2.45) is 0 Å². The molecule has 1 atom stereocenters. The third-order valence-corrected chi connectivity index (χ3v) is 4.96. The van der Waals surface area contributed by atoms with Crippen LogP contribution < -0.4 is 10.1 Å². The number of rotatable bonds is 1. The fourth-order valence-electron chi connectivity index (χ4n) is 1.81. The molecule has 2 aromatic rings. The molecule has 0 aliphatic carbocycles. The van der Waals surface area contributed by atoms with Crippen LogP contribution in [0.15, 0.2) is 38.6 Å². The molecular formula is C12H9Br2NOS. The molecule has 1 aliphatic heterocycles. The summed E-state index contributed by atoms with van der Waals surface area (Å²) >= 11 is 8.71. The van der Waals surface area contributed by atoms with Crippen molar-refractivity contribution in [3.05, 3.63) is 43.5 Å². The van der Waals surface area contributed by atoms with E-state index in [0.29, 0.717) is 0 Å². The molecule has 88 valence electrons. The van der Waals surface area contributed by atoms with Crippen molar-refractivity contribution in [2.45, 2.75) is 6.10 Å². The van der Waals surface area contributed by atoms with E-state index in [0.717, 1.165) is 26.2 Å². The van der Waals surface area contributed by atoms with Crippen molar-refractivity contribution in [1.29, 1.82) is 0 Å². The second-order valence-corrected chi connectivity index (χ2v) is 7.09. The quantitative estimate of drug-likeness (QED) is 0.772. The summed E-state index contributed by atoms with van der Waals surface area (Å²) in [6, 6.07) is 10.2. The molecule has 0 bridgehead atoms. The first-order chi connectivity index (χ1) is 8.24. The smallest absolute Gasteiger partial charge is 0.157 e. The van der Waals surface area contributed by atoms with E-state index in [9.17, 15) is 0 Å². The van der Waals surface area contributed by atoms with Crippen LogP contribution >= 0.6 is 43.2 Å². The molecule has 0 fully saturated rings. The number of nitrogens with one attached hydrogen (secondary N) is 1. The molecule has 1 N–H and O–H groups in total. The summed E-state index contributed by atoms with van der Waals surface area (Å²) in [4.78, 5) is 1.23. The number of hydrogen-bond acceptors (Lipinski definition) is 3. The van der Waals surface area contributed by atoms with Crippen molar-refractivity contribution >= 4 is 48.9 Å². The maximum atomic E-state index is 6.04. The number of benzene rings is 1. The lowest BCUT2D eigenvalue weighted by Gasteiger charge is -2.27. The molecule has 5 heteroatoms. The summed E-state index contributed by atoms with van der Waals surface area (Å²) in [6.07, 6.45) is 0.0810. The predicted octanol–water partition coefficient (Wildman–Crippen LogP) is 4.82. The lowest BCUT2D eigenvalue weighted by molar-refractivity contribution is 0.213. The van der Waals surface area contributed by atoms with Crippen molar-refractivity contribution < 1.29 is 4.74 Å². The lowest BCUT2D eigenvalue weighted by atomic mass is 10.2. The zero-order valence-corrected chi connectivity index (χ0v) is 12.7. The Morgan fingerprint density at radius 2 is 2.12 bits per heavy atom. The Bertz CT molecular complexity index is 555. The van der Waals surface area contributed by atoms with E-state index in [1.807, 2.05) is 18.2 Å². The van der Waals surface area contributed by atoms with Gasteiger partial charge < -0.3 is 10.1 Å². The molecular weight excluding hydrogens is 366 g/mol. The van der Waals surface area contributed by atoms with Crippen molar-refractivity contribution in [1.82, 2.24) is 0 Å². The van der Waals surface area contributed by atoms with Crippen LogP contribution in [0, 0.1) is 0 Å². The van der Waals surface area contributed by atoms with Gasteiger partial charge in [0.15, 0.2) is 11.9 Å². The highest BCUT2D eigenvalue weighted by atomic mass is 79.9. The number of fused-ring (bicyclic) bond motifs is 1. The van der Waals surface area contributed by atoms with Crippen molar-refractivity contribution in [3.8, 4) is 5.75 Å². The Balaban J connectivity index is 1.92. The Morgan fingerprint density at radius 1 is 1.24 bits per heavy atom. The molecule has 1 unspecified atom stereocenters. The number of hydrogen-bond donors (Lipinski definition) is 1. The van der Waals surface area contributed by atoms with E-state index in [2.05, 4.69) is 49.3 Å². The standard InChI is InChI=1S/C12H9Br2NOS/c13-7-2-1-3-8-12(7)16-9(6-15-8)10-4-5-11(14)17-10/h1-5,9,15H,6H2. The summed E-state index contributed by atoms with van der Waals surface area (Å²) in [5.74, 6) is 0.897. The normalized spacial score (nSPS) is 18.1. The molecule has 0 radical (unpaired) electrons. The fourth-order valence-corrected chi connectivity index (χ4v) is 3.73. The second kappa shape index (κ2) is 4.63. The summed E-state index contributed by atoms with van der Waals surface area (Å²) in [7, 11) is 0. The maximum Gasteiger partial charge on any atom is 0.157 e. The first-order valence-corrected chi connectivity index (χ1v) is 7.58. The summed E-state index contributed by atoms with van der Waals surface area (Å²) in [6.45, 7) is 0.802. The number of halogens is 2. The minimum absolute atomic E-state index is 0.0810. The van der Waals surface area contributed by atoms with Gasteiger partial charge in [0.05, 0.1) is 20.5 Å². The summed E-state index contributed by atoms with van der Waals surface area (Å²) in [5, 5.41) is 3.40. The number of anilines is 1. The molecule has 0 saturated carbocycles. The maximum absolute atomic E-state index is 6.04. The van der Waals surface area contributed by atoms with Gasteiger partial charge in [-0.05, 0) is 56.1 Å². The molecule has 3 rings (SSSR count). The first kappa shape index (κ1) is 11.6. The van der Waals surface area contributed by atoms with E-state index in [1.165, 1.54) is 4.88 Å². The Hall–Kier alpha value is -0.520. The minimum atomic E-state index is 0.0810. The van der Waals surface area contributed by atoms with Gasteiger partial charge in [0.1, 0.15) is 0 Å². The zero-order valence-electron chi connectivity index (χ0n) is 8.74. The Morgan fingerprint density at radius 3 is 2.88 bits per heavy atom. The lowest BCUT2D eigenvalue weighted by Crippen LogP contribution is -2.22. The van der Waals surface area contributed by atoms with E-state index in [4.69, 9.17) is 4.74 Å². The molecule has 2 nitrogen and oxygen atoms in total. The molecule has 0 amide bonds. The van der Waals surface area contributed by atoms with Crippen LogP contribution in [-0.4, -0.2) is 6.54 Å². The van der Waals surface area contributed by atoms with Gasteiger partial charge in [-0.15, -0.1) is 11.3 Å². The molecule has 2 heterocycles. The van der Waals surface area contributed by atoms with E-state index >= 15 is 0 Å². The van der Waals surface area contributed by atoms with Crippen LogP contribution in [-0.2, 0) is 0 Å². The predicted molar refractivity (Wildman–Crippen MR) is 78.0 cm³/mol. The highest BCUT2D eigenvalue weighted by Gasteiger charge is 2.23. The van der Waals surface area contributed by atoms with Crippen LogP contribution in [0.3, 0.4) is 0 Å². The summed E-state index contributed by atoms with van der Waals surface area (Å²) in [5.41, 5.74) is 1.05. The van der Waals surface area contributed by atoms with Gasteiger partial charge in [-0.3, -0.25) is 0 Å². The van der Waals surface area contributed by atoms with Crippen LogP contribution in [0.2, 0.25) is 0 Å². The van der Waals surface area contributed by atoms with Crippen molar-refractivity contribution in [3.63, 3.8) is 0 Å². The molecule has 1 aromatic carbocycles. The van der Waals surface area contributed by atoms with E-state index in [1.54, 1.807) is 11.3 Å². The Labute approximate surface area is 120 Å². The van der Waals surface area contributed by atoms with Gasteiger partial charge in [-0.1, -0.05) is 6.07 Å². The monoisotopic (exact) mass is 373 g/mol. The van der Waals surface area contributed by atoms with Crippen molar-refractivity contribution in [2.75, 3.05) is 11.9 Å². The van der Waals surface area contributed by atoms with Gasteiger partial charge in [-0.25, -0.2) is 0 Å². The molecule has 0 saturated heterocycles. The SMILES string of the molecule is Brc1ccc(C2CNc3cccc(Br)c3O2)s1. The highest BCUT2D eigenvalue weighted by Crippen LogP contribution is 2.41. The van der Waals surface area contributed by atoms with Crippen LogP contribution in [0.25, 0.3) is 0 Å². The topological polar surface area (TPSA) is 21.3 Å². The van der Waals surface area contributed by atoms with E-state index in [-0.39, 0.29) is 6.10 Å². The van der Waals surface area contributed by atoms with Crippen LogP contribution in [0.1, 0.15) is 11.0 Å². The number of ether oxygens (including phenoxy) is 1. The average Bonchev–Trinajstić information content (AvgIpc) is 2.76. The molecule has 1 aliphatic rings. The van der Waals surface area contributed by atoms with Gasteiger partial charge in [0.2, 0.25) is 0 Å². The minimum Gasteiger partial charge on any atom is -0.480 e. The third-order valence-electron chi connectivity index (χ3n) is 2.62.